The molecule has 6 heteroatoms. The number of imide groups is 2. The third-order valence-electron chi connectivity index (χ3n) is 3.28. The van der Waals surface area contributed by atoms with Crippen molar-refractivity contribution in [2.24, 2.45) is 11.8 Å². The minimum absolute atomic E-state index is 0.179. The van der Waals surface area contributed by atoms with Crippen LogP contribution >= 0.6 is 15.9 Å². The molecule has 5 nitrogen and oxygen atoms in total. The number of nitrogens with one attached hydrogen (secondary N) is 1. The van der Waals surface area contributed by atoms with Crippen LogP contribution in [0.1, 0.15) is 19.4 Å². The van der Waals surface area contributed by atoms with E-state index in [0.29, 0.717) is 10.2 Å². The minimum atomic E-state index is -0.847. The van der Waals surface area contributed by atoms with E-state index in [4.69, 9.17) is 0 Å². The highest BCUT2D eigenvalue weighted by Gasteiger charge is 2.43. The second kappa shape index (κ2) is 5.36. The standard InChI is InChI=1S/C14H15BrN2O3/c1-7(2)10-12(18)16-14(20)17(13(10)19)9-6-4-5-8(3)11(9)15/h4-7,10H,1-3H3,(H,16,18,20). The second-order valence-corrected chi connectivity index (χ2v) is 5.89. The Morgan fingerprint density at radius 3 is 2.50 bits per heavy atom. The lowest BCUT2D eigenvalue weighted by Crippen LogP contribution is -2.59. The molecule has 1 aromatic rings. The summed E-state index contributed by atoms with van der Waals surface area (Å²) in [5.41, 5.74) is 1.35. The predicted octanol–water partition coefficient (Wildman–Crippen LogP) is 2.61. The van der Waals surface area contributed by atoms with Crippen molar-refractivity contribution in [3.05, 3.63) is 28.2 Å². The summed E-state index contributed by atoms with van der Waals surface area (Å²) in [5.74, 6) is -2.04. The first-order chi connectivity index (χ1) is 9.34. The van der Waals surface area contributed by atoms with E-state index in [1.54, 1.807) is 26.0 Å². The maximum Gasteiger partial charge on any atom is 0.335 e. The number of rotatable bonds is 2. The highest BCUT2D eigenvalue weighted by molar-refractivity contribution is 9.10. The first-order valence-electron chi connectivity index (χ1n) is 6.28. The van der Waals surface area contributed by atoms with E-state index in [2.05, 4.69) is 21.2 Å². The first kappa shape index (κ1) is 14.7. The molecule has 1 N–H and O–H groups in total. The van der Waals surface area contributed by atoms with Gasteiger partial charge in [-0.2, -0.15) is 0 Å². The Labute approximate surface area is 125 Å². The number of carbonyl (C=O) groups excluding carboxylic acids is 3. The van der Waals surface area contributed by atoms with Crippen LogP contribution in [0.25, 0.3) is 0 Å². The molecule has 1 fully saturated rings. The third-order valence-corrected chi connectivity index (χ3v) is 4.31. The van der Waals surface area contributed by atoms with Gasteiger partial charge in [0.15, 0.2) is 0 Å². The SMILES string of the molecule is Cc1cccc(N2C(=O)NC(=O)C(C(C)C)C2=O)c1Br. The highest BCUT2D eigenvalue weighted by atomic mass is 79.9. The fraction of sp³-hybridized carbons (Fsp3) is 0.357. The van der Waals surface area contributed by atoms with Gasteiger partial charge in [0.05, 0.1) is 5.69 Å². The van der Waals surface area contributed by atoms with Crippen LogP contribution < -0.4 is 10.2 Å². The van der Waals surface area contributed by atoms with Gasteiger partial charge in [-0.05, 0) is 40.4 Å². The van der Waals surface area contributed by atoms with Gasteiger partial charge in [-0.25, -0.2) is 9.69 Å². The molecule has 0 bridgehead atoms. The average molecular weight is 339 g/mol. The first-order valence-corrected chi connectivity index (χ1v) is 7.07. The fourth-order valence-corrected chi connectivity index (χ4v) is 2.65. The van der Waals surface area contributed by atoms with Crippen LogP contribution in [-0.2, 0) is 9.59 Å². The van der Waals surface area contributed by atoms with Gasteiger partial charge in [0, 0.05) is 4.47 Å². The zero-order chi connectivity index (χ0) is 15.0. The lowest BCUT2D eigenvalue weighted by molar-refractivity contribution is -0.136. The van der Waals surface area contributed by atoms with Gasteiger partial charge in [0.1, 0.15) is 5.92 Å². The monoisotopic (exact) mass is 338 g/mol. The zero-order valence-electron chi connectivity index (χ0n) is 11.4. The molecule has 0 saturated carbocycles. The van der Waals surface area contributed by atoms with E-state index in [0.717, 1.165) is 10.5 Å². The van der Waals surface area contributed by atoms with Crippen LogP contribution in [-0.4, -0.2) is 17.8 Å². The van der Waals surface area contributed by atoms with Crippen molar-refractivity contribution < 1.29 is 14.4 Å². The van der Waals surface area contributed by atoms with Gasteiger partial charge >= 0.3 is 6.03 Å². The maximum atomic E-state index is 12.5. The quantitative estimate of drug-likeness (QED) is 0.843. The van der Waals surface area contributed by atoms with Gasteiger partial charge in [-0.15, -0.1) is 0 Å². The maximum absolute atomic E-state index is 12.5. The third kappa shape index (κ3) is 2.35. The van der Waals surface area contributed by atoms with E-state index < -0.39 is 23.8 Å². The number of carbonyl (C=O) groups is 3. The molecule has 1 saturated heterocycles. The Kier molecular flexibility index (Phi) is 3.94. The van der Waals surface area contributed by atoms with Crippen molar-refractivity contribution in [1.29, 1.82) is 0 Å². The number of nitrogens with zero attached hydrogens (tertiary/aromatic N) is 1. The van der Waals surface area contributed by atoms with Crippen LogP contribution in [0.2, 0.25) is 0 Å². The fourth-order valence-electron chi connectivity index (χ4n) is 2.21. The lowest BCUT2D eigenvalue weighted by Gasteiger charge is -2.32. The number of hydrogen-bond acceptors (Lipinski definition) is 3. The zero-order valence-corrected chi connectivity index (χ0v) is 13.0. The number of anilines is 1. The van der Waals surface area contributed by atoms with E-state index in [1.807, 2.05) is 13.0 Å². The molecule has 1 unspecified atom stereocenters. The largest absolute Gasteiger partial charge is 0.335 e. The summed E-state index contributed by atoms with van der Waals surface area (Å²) in [6.07, 6.45) is 0. The molecule has 20 heavy (non-hydrogen) atoms. The van der Waals surface area contributed by atoms with Crippen molar-refractivity contribution in [1.82, 2.24) is 5.32 Å². The van der Waals surface area contributed by atoms with Gasteiger partial charge in [-0.1, -0.05) is 26.0 Å². The minimum Gasteiger partial charge on any atom is -0.277 e. The Morgan fingerprint density at radius 2 is 1.90 bits per heavy atom. The summed E-state index contributed by atoms with van der Waals surface area (Å²) >= 11 is 3.38. The van der Waals surface area contributed by atoms with Crippen molar-refractivity contribution in [3.63, 3.8) is 0 Å². The summed E-state index contributed by atoms with van der Waals surface area (Å²) in [4.78, 5) is 37.3. The summed E-state index contributed by atoms with van der Waals surface area (Å²) in [6, 6.07) is 4.59. The molecule has 1 aliphatic heterocycles. The van der Waals surface area contributed by atoms with E-state index in [9.17, 15) is 14.4 Å². The Morgan fingerprint density at radius 1 is 1.25 bits per heavy atom. The molecule has 0 radical (unpaired) electrons. The highest BCUT2D eigenvalue weighted by Crippen LogP contribution is 2.32. The van der Waals surface area contributed by atoms with Gasteiger partial charge in [0.2, 0.25) is 11.8 Å². The molecule has 2 rings (SSSR count). The summed E-state index contributed by atoms with van der Waals surface area (Å²) < 4.78 is 0.667. The van der Waals surface area contributed by atoms with Gasteiger partial charge in [0.25, 0.3) is 0 Å². The van der Waals surface area contributed by atoms with Gasteiger partial charge < -0.3 is 0 Å². The average Bonchev–Trinajstić information content (AvgIpc) is 2.33. The Balaban J connectivity index is 2.49. The number of halogens is 1. The lowest BCUT2D eigenvalue weighted by atomic mass is 9.92. The molecular weight excluding hydrogens is 324 g/mol. The summed E-state index contributed by atoms with van der Waals surface area (Å²) in [5, 5.41) is 2.24. The summed E-state index contributed by atoms with van der Waals surface area (Å²) in [7, 11) is 0. The molecular formula is C14H15BrN2O3. The molecule has 0 aromatic heterocycles. The second-order valence-electron chi connectivity index (χ2n) is 5.10. The number of hydrogen-bond donors (Lipinski definition) is 1. The van der Waals surface area contributed by atoms with E-state index in [-0.39, 0.29) is 5.92 Å². The van der Waals surface area contributed by atoms with Crippen molar-refractivity contribution >= 4 is 39.5 Å². The van der Waals surface area contributed by atoms with Crippen LogP contribution in [0.15, 0.2) is 22.7 Å². The van der Waals surface area contributed by atoms with Crippen molar-refractivity contribution in [2.75, 3.05) is 4.90 Å². The molecule has 1 heterocycles. The number of benzene rings is 1. The van der Waals surface area contributed by atoms with Crippen molar-refractivity contribution in [2.45, 2.75) is 20.8 Å². The molecule has 0 aliphatic carbocycles. The normalized spacial score (nSPS) is 19.6. The number of aryl methyl sites for hydroxylation is 1. The van der Waals surface area contributed by atoms with Crippen LogP contribution in [0.5, 0.6) is 0 Å². The smallest absolute Gasteiger partial charge is 0.277 e. The molecule has 1 aliphatic rings. The Hall–Kier alpha value is -1.69. The van der Waals surface area contributed by atoms with Crippen molar-refractivity contribution in [3.8, 4) is 0 Å². The molecule has 4 amide bonds. The summed E-state index contributed by atoms with van der Waals surface area (Å²) in [6.45, 7) is 5.42. The van der Waals surface area contributed by atoms with Crippen LogP contribution in [0.3, 0.4) is 0 Å². The molecule has 106 valence electrons. The van der Waals surface area contributed by atoms with E-state index in [1.165, 1.54) is 0 Å². The number of urea groups is 1. The Bertz CT molecular complexity index is 598. The molecule has 1 aromatic carbocycles. The van der Waals surface area contributed by atoms with Crippen LogP contribution in [0, 0.1) is 18.8 Å². The molecule has 1 atom stereocenters. The predicted molar refractivity (Wildman–Crippen MR) is 78.2 cm³/mol. The number of amides is 4. The molecule has 0 spiro atoms. The van der Waals surface area contributed by atoms with E-state index >= 15 is 0 Å². The number of barbiturate groups is 1. The van der Waals surface area contributed by atoms with Gasteiger partial charge in [-0.3, -0.25) is 14.9 Å². The van der Waals surface area contributed by atoms with Crippen LogP contribution in [0.4, 0.5) is 10.5 Å². The topological polar surface area (TPSA) is 66.5 Å².